The molecule has 1 fully saturated rings. The van der Waals surface area contributed by atoms with Gasteiger partial charge < -0.3 is 10.0 Å². The molecule has 0 bridgehead atoms. The first kappa shape index (κ1) is 20.1. The monoisotopic (exact) mass is 379 g/mol. The van der Waals surface area contributed by atoms with E-state index in [1.807, 2.05) is 35.2 Å². The number of hydrogen-bond donors (Lipinski definition) is 1. The Balaban J connectivity index is 1.46. The van der Waals surface area contributed by atoms with Gasteiger partial charge in [-0.15, -0.1) is 0 Å². The molecule has 28 heavy (non-hydrogen) atoms. The fourth-order valence-electron chi connectivity index (χ4n) is 4.05. The van der Waals surface area contributed by atoms with Crippen molar-refractivity contribution in [3.63, 3.8) is 0 Å². The smallest absolute Gasteiger partial charge is 0.335 e. The van der Waals surface area contributed by atoms with Gasteiger partial charge in [0.15, 0.2) is 0 Å². The number of benzene rings is 2. The van der Waals surface area contributed by atoms with Crippen LogP contribution in [0.3, 0.4) is 0 Å². The number of rotatable bonds is 7. The molecular formula is C24H29NO3. The molecule has 1 aliphatic rings. The van der Waals surface area contributed by atoms with Crippen LogP contribution < -0.4 is 0 Å². The molecule has 1 saturated heterocycles. The van der Waals surface area contributed by atoms with Gasteiger partial charge in [0, 0.05) is 19.5 Å². The second kappa shape index (κ2) is 9.54. The molecule has 1 N–H and O–H groups in total. The predicted molar refractivity (Wildman–Crippen MR) is 111 cm³/mol. The number of likely N-dealkylation sites (tertiary alicyclic amines) is 1. The van der Waals surface area contributed by atoms with E-state index in [0.717, 1.165) is 44.3 Å². The summed E-state index contributed by atoms with van der Waals surface area (Å²) in [5.74, 6) is 0.200. The maximum absolute atomic E-state index is 12.6. The Bertz CT molecular complexity index is 795. The molecule has 1 aliphatic heterocycles. The van der Waals surface area contributed by atoms with Crippen molar-refractivity contribution in [1.29, 1.82) is 0 Å². The quantitative estimate of drug-likeness (QED) is 0.755. The first-order chi connectivity index (χ1) is 13.5. The van der Waals surface area contributed by atoms with E-state index in [2.05, 4.69) is 19.1 Å². The molecule has 1 heterocycles. The summed E-state index contributed by atoms with van der Waals surface area (Å²) < 4.78 is 0. The van der Waals surface area contributed by atoms with E-state index in [1.54, 1.807) is 12.1 Å². The van der Waals surface area contributed by atoms with E-state index < -0.39 is 5.97 Å². The number of carboxylic acid groups (broad SMARTS) is 1. The molecule has 4 heteroatoms. The van der Waals surface area contributed by atoms with Crippen LogP contribution in [-0.4, -0.2) is 35.0 Å². The Morgan fingerprint density at radius 2 is 1.68 bits per heavy atom. The van der Waals surface area contributed by atoms with Crippen molar-refractivity contribution in [1.82, 2.24) is 4.90 Å². The maximum atomic E-state index is 12.6. The summed E-state index contributed by atoms with van der Waals surface area (Å²) in [5.41, 5.74) is 2.58. The lowest BCUT2D eigenvalue weighted by Gasteiger charge is -2.32. The highest BCUT2D eigenvalue weighted by Crippen LogP contribution is 2.25. The van der Waals surface area contributed by atoms with Crippen LogP contribution in [0.4, 0.5) is 0 Å². The lowest BCUT2D eigenvalue weighted by atomic mass is 9.88. The molecule has 1 unspecified atom stereocenters. The third-order valence-corrected chi connectivity index (χ3v) is 5.88. The zero-order valence-corrected chi connectivity index (χ0v) is 16.5. The molecule has 0 aromatic heterocycles. The van der Waals surface area contributed by atoms with Crippen molar-refractivity contribution in [3.05, 3.63) is 71.3 Å². The molecule has 0 aliphatic carbocycles. The standard InChI is InChI=1S/C24H29NO3/c1-18(20-7-3-2-4-8-20)11-12-23(26)25-15-13-19(14-16-25)17-21-9-5-6-10-22(21)24(27)28/h2-10,18-19H,11-17H2,1H3,(H,27,28). The summed E-state index contributed by atoms with van der Waals surface area (Å²) in [5, 5.41) is 9.34. The van der Waals surface area contributed by atoms with Gasteiger partial charge in [0.1, 0.15) is 0 Å². The van der Waals surface area contributed by atoms with Gasteiger partial charge in [-0.1, -0.05) is 55.5 Å². The number of amides is 1. The number of carbonyl (C=O) groups is 2. The molecule has 4 nitrogen and oxygen atoms in total. The minimum absolute atomic E-state index is 0.243. The van der Waals surface area contributed by atoms with Gasteiger partial charge in [-0.3, -0.25) is 4.79 Å². The summed E-state index contributed by atoms with van der Waals surface area (Å²) in [6.45, 7) is 3.73. The first-order valence-corrected chi connectivity index (χ1v) is 10.2. The van der Waals surface area contributed by atoms with Crippen LogP contribution in [0.25, 0.3) is 0 Å². The van der Waals surface area contributed by atoms with Crippen molar-refractivity contribution in [3.8, 4) is 0 Å². The topological polar surface area (TPSA) is 57.6 Å². The van der Waals surface area contributed by atoms with Gasteiger partial charge in [-0.2, -0.15) is 0 Å². The summed E-state index contributed by atoms with van der Waals surface area (Å²) in [6.07, 6.45) is 4.11. The zero-order valence-electron chi connectivity index (χ0n) is 16.5. The summed E-state index contributed by atoms with van der Waals surface area (Å²) in [7, 11) is 0. The van der Waals surface area contributed by atoms with Gasteiger partial charge >= 0.3 is 5.97 Å². The fourth-order valence-corrected chi connectivity index (χ4v) is 4.05. The van der Waals surface area contributed by atoms with Crippen molar-refractivity contribution < 1.29 is 14.7 Å². The number of aromatic carboxylic acids is 1. The van der Waals surface area contributed by atoms with Gasteiger partial charge in [0.2, 0.25) is 5.91 Å². The lowest BCUT2D eigenvalue weighted by Crippen LogP contribution is -2.39. The van der Waals surface area contributed by atoms with Gasteiger partial charge in [-0.05, 0) is 54.7 Å². The number of piperidine rings is 1. The average Bonchev–Trinajstić information content (AvgIpc) is 2.73. The summed E-state index contributed by atoms with van der Waals surface area (Å²) in [4.78, 5) is 26.0. The number of hydrogen-bond acceptors (Lipinski definition) is 2. The van der Waals surface area contributed by atoms with Crippen molar-refractivity contribution in [2.24, 2.45) is 5.92 Å². The fraction of sp³-hybridized carbons (Fsp3) is 0.417. The maximum Gasteiger partial charge on any atom is 0.335 e. The van der Waals surface area contributed by atoms with Gasteiger partial charge in [-0.25, -0.2) is 4.79 Å². The number of carboxylic acids is 1. The van der Waals surface area contributed by atoms with Gasteiger partial charge in [0.25, 0.3) is 0 Å². The number of carbonyl (C=O) groups excluding carboxylic acids is 1. The van der Waals surface area contributed by atoms with Gasteiger partial charge in [0.05, 0.1) is 5.56 Å². The summed E-state index contributed by atoms with van der Waals surface area (Å²) >= 11 is 0. The molecule has 3 rings (SSSR count). The third-order valence-electron chi connectivity index (χ3n) is 5.88. The Morgan fingerprint density at radius 1 is 1.04 bits per heavy atom. The summed E-state index contributed by atoms with van der Waals surface area (Å²) in [6, 6.07) is 17.6. The van der Waals surface area contributed by atoms with E-state index in [1.165, 1.54) is 5.56 Å². The molecule has 1 atom stereocenters. The Labute approximate surface area is 167 Å². The predicted octanol–water partition coefficient (Wildman–Crippen LogP) is 4.75. The van der Waals surface area contributed by atoms with E-state index in [9.17, 15) is 14.7 Å². The van der Waals surface area contributed by atoms with E-state index in [0.29, 0.717) is 23.8 Å². The van der Waals surface area contributed by atoms with E-state index >= 15 is 0 Å². The van der Waals surface area contributed by atoms with Crippen LogP contribution >= 0.6 is 0 Å². The zero-order chi connectivity index (χ0) is 19.9. The van der Waals surface area contributed by atoms with Crippen LogP contribution in [0.1, 0.15) is 60.0 Å². The second-order valence-corrected chi connectivity index (χ2v) is 7.84. The highest BCUT2D eigenvalue weighted by molar-refractivity contribution is 5.89. The highest BCUT2D eigenvalue weighted by Gasteiger charge is 2.24. The Morgan fingerprint density at radius 3 is 2.36 bits per heavy atom. The van der Waals surface area contributed by atoms with Crippen LogP contribution in [0, 0.1) is 5.92 Å². The largest absolute Gasteiger partial charge is 0.478 e. The molecular weight excluding hydrogens is 350 g/mol. The third kappa shape index (κ3) is 5.22. The first-order valence-electron chi connectivity index (χ1n) is 10.2. The van der Waals surface area contributed by atoms with Crippen molar-refractivity contribution in [2.75, 3.05) is 13.1 Å². The minimum atomic E-state index is -0.865. The highest BCUT2D eigenvalue weighted by atomic mass is 16.4. The van der Waals surface area contributed by atoms with Crippen LogP contribution in [0.2, 0.25) is 0 Å². The SMILES string of the molecule is CC(CCC(=O)N1CCC(Cc2ccccc2C(=O)O)CC1)c1ccccc1. The lowest BCUT2D eigenvalue weighted by molar-refractivity contribution is -0.132. The van der Waals surface area contributed by atoms with Crippen molar-refractivity contribution >= 4 is 11.9 Å². The Kier molecular flexibility index (Phi) is 6.85. The Hall–Kier alpha value is -2.62. The second-order valence-electron chi connectivity index (χ2n) is 7.84. The van der Waals surface area contributed by atoms with Crippen LogP contribution in [0.15, 0.2) is 54.6 Å². The molecule has 0 spiro atoms. The van der Waals surface area contributed by atoms with Crippen molar-refractivity contribution in [2.45, 2.75) is 44.9 Å². The van der Waals surface area contributed by atoms with Crippen LogP contribution in [0.5, 0.6) is 0 Å². The molecule has 0 radical (unpaired) electrons. The molecule has 2 aromatic rings. The van der Waals surface area contributed by atoms with E-state index in [-0.39, 0.29) is 5.91 Å². The van der Waals surface area contributed by atoms with E-state index in [4.69, 9.17) is 0 Å². The normalized spacial score (nSPS) is 16.0. The average molecular weight is 380 g/mol. The molecule has 2 aromatic carbocycles. The molecule has 1 amide bonds. The van der Waals surface area contributed by atoms with Crippen LogP contribution in [-0.2, 0) is 11.2 Å². The number of nitrogens with zero attached hydrogens (tertiary/aromatic N) is 1. The molecule has 148 valence electrons. The minimum Gasteiger partial charge on any atom is -0.478 e. The molecule has 0 saturated carbocycles.